The van der Waals surface area contributed by atoms with E-state index >= 15 is 0 Å². The monoisotopic (exact) mass is 464 g/mol. The summed E-state index contributed by atoms with van der Waals surface area (Å²) in [4.78, 5) is 37.1. The van der Waals surface area contributed by atoms with E-state index < -0.39 is 7.82 Å². The summed E-state index contributed by atoms with van der Waals surface area (Å²) in [5.74, 6) is 2.16. The van der Waals surface area contributed by atoms with Crippen LogP contribution < -0.4 is 0 Å². The van der Waals surface area contributed by atoms with Crippen LogP contribution in [0.4, 0.5) is 0 Å². The quantitative estimate of drug-likeness (QED) is 0.438. The van der Waals surface area contributed by atoms with Crippen molar-refractivity contribution >= 4 is 35.6 Å². The maximum Gasteiger partial charge on any atom is 0.469 e. The predicted molar refractivity (Wildman–Crippen MR) is 120 cm³/mol. The fraction of sp³-hybridized carbons (Fsp3) is 0.591. The van der Waals surface area contributed by atoms with E-state index in [1.165, 1.54) is 42.5 Å². The van der Waals surface area contributed by atoms with Gasteiger partial charge in [-0.05, 0) is 54.9 Å². The Hall–Kier alpha value is -1.15. The zero-order valence-corrected chi connectivity index (χ0v) is 19.3. The highest BCUT2D eigenvalue weighted by atomic mass is 32.2. The van der Waals surface area contributed by atoms with Gasteiger partial charge in [-0.2, -0.15) is 0 Å². The van der Waals surface area contributed by atoms with Crippen LogP contribution in [0.5, 0.6) is 0 Å². The Bertz CT molecular complexity index is 1050. The number of thioether (sulfide) groups is 1. The van der Waals surface area contributed by atoms with Crippen molar-refractivity contribution in [3.63, 3.8) is 0 Å². The number of aromatic nitrogens is 1. The molecule has 3 N–H and O–H groups in total. The normalized spacial score (nSPS) is 29.7. The standard InChI is InChI=1S/C22H29N2O5PS/c1-2-14-9-13-10-18-21-16(5-7-24(12-13)22(14)18)17-11-15(3-4-19(17)23-21)31-20(25)6-8-29-30(26,27)28/h3-4,11,13-14,18,22-23H,2,5-10,12H2,1H3,(H2,26,27,28). The maximum absolute atomic E-state index is 12.2. The number of hydrogen-bond acceptors (Lipinski definition) is 5. The fourth-order valence-corrected chi connectivity index (χ4v) is 7.26. The minimum Gasteiger partial charge on any atom is -0.358 e. The lowest BCUT2D eigenvalue weighted by Crippen LogP contribution is -2.56. The highest BCUT2D eigenvalue weighted by Gasteiger charge is 2.48. The van der Waals surface area contributed by atoms with Crippen LogP contribution in [-0.4, -0.2) is 50.5 Å². The summed E-state index contributed by atoms with van der Waals surface area (Å²) in [7, 11) is -4.54. The van der Waals surface area contributed by atoms with Gasteiger partial charge in [0.25, 0.3) is 0 Å². The highest BCUT2D eigenvalue weighted by molar-refractivity contribution is 8.13. The number of carbonyl (C=O) groups excluding carboxylic acids is 1. The lowest BCUT2D eigenvalue weighted by molar-refractivity contribution is -0.111. The Morgan fingerprint density at radius 3 is 2.97 bits per heavy atom. The zero-order chi connectivity index (χ0) is 21.8. The van der Waals surface area contributed by atoms with E-state index in [1.54, 1.807) is 0 Å². The SMILES string of the molecule is CCC1CC2CC3c4[nH]c5ccc(SC(=O)CCOP(=O)(O)O)cc5c4CCN(C2)C13. The van der Waals surface area contributed by atoms with Crippen LogP contribution in [0.1, 0.15) is 49.8 Å². The molecule has 0 spiro atoms. The van der Waals surface area contributed by atoms with Gasteiger partial charge in [-0.1, -0.05) is 25.1 Å². The minimum absolute atomic E-state index is 0.0441. The fourth-order valence-electron chi connectivity index (χ4n) is 6.17. The Morgan fingerprint density at radius 1 is 1.35 bits per heavy atom. The first-order chi connectivity index (χ1) is 14.8. The minimum atomic E-state index is -4.54. The van der Waals surface area contributed by atoms with E-state index in [-0.39, 0.29) is 18.1 Å². The number of piperidine rings is 2. The molecule has 5 atom stereocenters. The van der Waals surface area contributed by atoms with Crippen molar-refractivity contribution in [1.29, 1.82) is 0 Å². The molecule has 4 heterocycles. The molecule has 2 aromatic rings. The Balaban J connectivity index is 1.38. The molecule has 0 amide bonds. The van der Waals surface area contributed by atoms with Crippen LogP contribution in [0.25, 0.3) is 10.9 Å². The van der Waals surface area contributed by atoms with Gasteiger partial charge in [0.05, 0.1) is 6.61 Å². The number of rotatable bonds is 6. The molecule has 1 aromatic heterocycles. The third-order valence-electron chi connectivity index (χ3n) is 7.29. The summed E-state index contributed by atoms with van der Waals surface area (Å²) in [5.41, 5.74) is 3.95. The Labute approximate surface area is 186 Å². The van der Waals surface area contributed by atoms with Crippen molar-refractivity contribution < 1.29 is 23.7 Å². The summed E-state index contributed by atoms with van der Waals surface area (Å²) >= 11 is 1.11. The van der Waals surface area contributed by atoms with Crippen molar-refractivity contribution in [2.24, 2.45) is 11.8 Å². The molecule has 5 unspecified atom stereocenters. The molecule has 3 aliphatic heterocycles. The molecule has 4 aliphatic rings. The molecule has 9 heteroatoms. The maximum atomic E-state index is 12.2. The summed E-state index contributed by atoms with van der Waals surface area (Å²) < 4.78 is 15.2. The van der Waals surface area contributed by atoms with Crippen molar-refractivity contribution in [2.45, 2.75) is 55.9 Å². The van der Waals surface area contributed by atoms with Crippen molar-refractivity contribution in [3.8, 4) is 0 Å². The van der Waals surface area contributed by atoms with Crippen LogP contribution in [0, 0.1) is 11.8 Å². The van der Waals surface area contributed by atoms with Crippen LogP contribution in [0.15, 0.2) is 23.1 Å². The number of carbonyl (C=O) groups is 1. The number of benzene rings is 1. The van der Waals surface area contributed by atoms with Crippen molar-refractivity contribution in [2.75, 3.05) is 19.7 Å². The first-order valence-electron chi connectivity index (χ1n) is 11.1. The molecule has 168 valence electrons. The molecular formula is C22H29N2O5PS. The van der Waals surface area contributed by atoms with Gasteiger partial charge in [-0.15, -0.1) is 0 Å². The second-order valence-corrected chi connectivity index (χ2v) is 11.5. The summed E-state index contributed by atoms with van der Waals surface area (Å²) in [5, 5.41) is 1.04. The molecule has 1 aliphatic carbocycles. The summed E-state index contributed by atoms with van der Waals surface area (Å²) in [6.07, 6.45) is 4.88. The van der Waals surface area contributed by atoms with E-state index in [4.69, 9.17) is 9.79 Å². The molecule has 6 rings (SSSR count). The zero-order valence-electron chi connectivity index (χ0n) is 17.6. The first-order valence-corrected chi connectivity index (χ1v) is 13.5. The van der Waals surface area contributed by atoms with Gasteiger partial charge >= 0.3 is 7.82 Å². The molecule has 0 radical (unpaired) electrons. The van der Waals surface area contributed by atoms with E-state index in [0.717, 1.165) is 47.0 Å². The van der Waals surface area contributed by atoms with Crippen LogP contribution in [-0.2, 0) is 20.3 Å². The first kappa shape index (κ1) is 21.7. The second-order valence-electron chi connectivity index (χ2n) is 9.12. The lowest BCUT2D eigenvalue weighted by atomic mass is 9.65. The van der Waals surface area contributed by atoms with E-state index in [9.17, 15) is 9.36 Å². The molecular weight excluding hydrogens is 435 g/mol. The second kappa shape index (κ2) is 8.32. The largest absolute Gasteiger partial charge is 0.469 e. The number of phosphoric acid groups is 1. The average Bonchev–Trinajstić information content (AvgIpc) is 3.03. The Morgan fingerprint density at radius 2 is 2.19 bits per heavy atom. The molecule has 7 nitrogen and oxygen atoms in total. The van der Waals surface area contributed by atoms with Gasteiger partial charge in [0, 0.05) is 53.0 Å². The third-order valence-corrected chi connectivity index (χ3v) is 8.73. The molecule has 4 bridgehead atoms. The number of phosphoric ester groups is 1. The van der Waals surface area contributed by atoms with Crippen molar-refractivity contribution in [1.82, 2.24) is 9.88 Å². The number of fused-ring (bicyclic) bond motifs is 4. The van der Waals surface area contributed by atoms with Gasteiger partial charge in [-0.25, -0.2) is 4.57 Å². The predicted octanol–water partition coefficient (Wildman–Crippen LogP) is 4.05. The van der Waals surface area contributed by atoms with Gasteiger partial charge < -0.3 is 14.8 Å². The molecule has 1 aromatic carbocycles. The van der Waals surface area contributed by atoms with E-state index in [0.29, 0.717) is 12.0 Å². The average molecular weight is 465 g/mol. The highest BCUT2D eigenvalue weighted by Crippen LogP contribution is 2.51. The van der Waals surface area contributed by atoms with Crippen molar-refractivity contribution in [3.05, 3.63) is 29.5 Å². The smallest absolute Gasteiger partial charge is 0.358 e. The van der Waals surface area contributed by atoms with Crippen LogP contribution in [0.3, 0.4) is 0 Å². The Kier molecular flexibility index (Phi) is 5.82. The lowest BCUT2D eigenvalue weighted by Gasteiger charge is -2.53. The summed E-state index contributed by atoms with van der Waals surface area (Å²) in [6.45, 7) is 4.39. The topological polar surface area (TPSA) is 103 Å². The van der Waals surface area contributed by atoms with Gasteiger partial charge in [-0.3, -0.25) is 14.2 Å². The van der Waals surface area contributed by atoms with Gasteiger partial charge in [0.1, 0.15) is 0 Å². The number of H-pyrrole nitrogens is 1. The third kappa shape index (κ3) is 4.26. The van der Waals surface area contributed by atoms with Gasteiger partial charge in [0.15, 0.2) is 5.12 Å². The summed E-state index contributed by atoms with van der Waals surface area (Å²) in [6, 6.07) is 6.74. The van der Waals surface area contributed by atoms with E-state index in [1.807, 2.05) is 6.07 Å². The molecule has 1 saturated carbocycles. The molecule has 2 saturated heterocycles. The number of hydrogen-bond donors (Lipinski definition) is 3. The molecule has 31 heavy (non-hydrogen) atoms. The van der Waals surface area contributed by atoms with Crippen LogP contribution >= 0.6 is 19.6 Å². The van der Waals surface area contributed by atoms with E-state index in [2.05, 4.69) is 33.5 Å². The number of nitrogens with zero attached hydrogens (tertiary/aromatic N) is 1. The molecule has 3 fully saturated rings. The van der Waals surface area contributed by atoms with Gasteiger partial charge in [0.2, 0.25) is 0 Å². The number of nitrogens with one attached hydrogen (secondary N) is 1. The number of aromatic amines is 1. The van der Waals surface area contributed by atoms with Crippen LogP contribution in [0.2, 0.25) is 0 Å².